The standard InChI is InChI=1S/C22H18ClF3N10O/c1-11-19(33-37-32-11)22(25,26)21-31-30-20-16-5-12(9-35(16)10-13(7-24)36(20)21)14-6-17(27-8-15(14)23)29-18-3-4-28-34(18)2/h3-6,8-9,13H,7,10H2,1-2H3,(H,27,29)/t13-/m0/s1. The van der Waals surface area contributed by atoms with Crippen molar-refractivity contribution >= 4 is 23.2 Å². The number of rotatable bonds is 6. The molecule has 190 valence electrons. The molecule has 0 spiro atoms. The molecule has 5 aromatic rings. The summed E-state index contributed by atoms with van der Waals surface area (Å²) in [5.41, 5.74) is 1.01. The lowest BCUT2D eigenvalue weighted by Gasteiger charge is -2.27. The minimum atomic E-state index is -3.69. The molecule has 0 unspecified atom stereocenters. The van der Waals surface area contributed by atoms with E-state index in [2.05, 4.69) is 40.5 Å². The maximum atomic E-state index is 15.4. The molecule has 0 aliphatic carbocycles. The zero-order valence-electron chi connectivity index (χ0n) is 19.4. The summed E-state index contributed by atoms with van der Waals surface area (Å²) in [5, 5.41) is 22.2. The van der Waals surface area contributed by atoms with Gasteiger partial charge in [0.2, 0.25) is 5.82 Å². The quantitative estimate of drug-likeness (QED) is 0.345. The van der Waals surface area contributed by atoms with E-state index in [9.17, 15) is 4.39 Å². The van der Waals surface area contributed by atoms with Crippen LogP contribution in [0.4, 0.5) is 24.8 Å². The maximum Gasteiger partial charge on any atom is 0.353 e. The smallest absolute Gasteiger partial charge is 0.342 e. The first-order valence-electron chi connectivity index (χ1n) is 11.1. The molecule has 0 radical (unpaired) electrons. The van der Waals surface area contributed by atoms with Crippen LogP contribution >= 0.6 is 11.6 Å². The van der Waals surface area contributed by atoms with Gasteiger partial charge in [-0.15, -0.1) is 10.2 Å². The molecule has 1 aliphatic heterocycles. The molecule has 1 aliphatic rings. The highest BCUT2D eigenvalue weighted by atomic mass is 35.5. The number of nitrogens with one attached hydrogen (secondary N) is 1. The van der Waals surface area contributed by atoms with E-state index in [0.29, 0.717) is 27.7 Å². The highest BCUT2D eigenvalue weighted by Crippen LogP contribution is 2.42. The van der Waals surface area contributed by atoms with Crippen LogP contribution in [0.2, 0.25) is 5.02 Å². The van der Waals surface area contributed by atoms with Crippen molar-refractivity contribution in [3.05, 3.63) is 59.0 Å². The molecule has 1 atom stereocenters. The number of nitrogens with zero attached hydrogens (tertiary/aromatic N) is 9. The van der Waals surface area contributed by atoms with Gasteiger partial charge in [0.05, 0.1) is 23.0 Å². The Balaban J connectivity index is 1.42. The average molecular weight is 531 g/mol. The number of hydrogen-bond acceptors (Lipinski definition) is 8. The van der Waals surface area contributed by atoms with E-state index in [1.54, 1.807) is 46.9 Å². The van der Waals surface area contributed by atoms with Gasteiger partial charge in [0.15, 0.2) is 11.5 Å². The first-order chi connectivity index (χ1) is 17.8. The first kappa shape index (κ1) is 23.2. The molecule has 0 bridgehead atoms. The number of hydrogen-bond donors (Lipinski definition) is 1. The van der Waals surface area contributed by atoms with Crippen LogP contribution in [0.5, 0.6) is 0 Å². The van der Waals surface area contributed by atoms with Crippen LogP contribution in [0.25, 0.3) is 22.6 Å². The lowest BCUT2D eigenvalue weighted by Crippen LogP contribution is -2.30. The molecule has 37 heavy (non-hydrogen) atoms. The van der Waals surface area contributed by atoms with Gasteiger partial charge in [0.1, 0.15) is 24.0 Å². The zero-order valence-corrected chi connectivity index (χ0v) is 20.2. The third kappa shape index (κ3) is 3.66. The first-order valence-corrected chi connectivity index (χ1v) is 11.5. The monoisotopic (exact) mass is 530 g/mol. The van der Waals surface area contributed by atoms with Crippen LogP contribution in [0.3, 0.4) is 0 Å². The fourth-order valence-corrected chi connectivity index (χ4v) is 4.64. The number of alkyl halides is 3. The van der Waals surface area contributed by atoms with Crippen molar-refractivity contribution in [2.24, 2.45) is 7.05 Å². The van der Waals surface area contributed by atoms with Gasteiger partial charge in [0.25, 0.3) is 0 Å². The van der Waals surface area contributed by atoms with Crippen LogP contribution in [-0.4, -0.2) is 51.1 Å². The minimum absolute atomic E-state index is 0.0822. The highest BCUT2D eigenvalue weighted by Gasteiger charge is 2.47. The van der Waals surface area contributed by atoms with Crippen LogP contribution in [0, 0.1) is 6.92 Å². The van der Waals surface area contributed by atoms with Gasteiger partial charge in [-0.3, -0.25) is 9.25 Å². The molecule has 0 saturated heterocycles. The van der Waals surface area contributed by atoms with Gasteiger partial charge >= 0.3 is 5.92 Å². The second kappa shape index (κ2) is 8.44. The molecule has 0 saturated carbocycles. The predicted octanol–water partition coefficient (Wildman–Crippen LogP) is 4.29. The lowest BCUT2D eigenvalue weighted by atomic mass is 10.1. The van der Waals surface area contributed by atoms with Crippen LogP contribution < -0.4 is 5.32 Å². The van der Waals surface area contributed by atoms with Crippen molar-refractivity contribution in [1.82, 2.24) is 44.4 Å². The highest BCUT2D eigenvalue weighted by molar-refractivity contribution is 6.33. The Morgan fingerprint density at radius 3 is 2.78 bits per heavy atom. The fourth-order valence-electron chi connectivity index (χ4n) is 4.43. The molecule has 6 heterocycles. The lowest BCUT2D eigenvalue weighted by molar-refractivity contribution is 0.0174. The summed E-state index contributed by atoms with van der Waals surface area (Å²) in [6, 6.07) is 4.33. The van der Waals surface area contributed by atoms with Crippen molar-refractivity contribution in [3.8, 4) is 22.6 Å². The summed E-state index contributed by atoms with van der Waals surface area (Å²) in [5.74, 6) is -3.08. The molecule has 0 aromatic carbocycles. The van der Waals surface area contributed by atoms with Gasteiger partial charge in [-0.2, -0.15) is 13.9 Å². The van der Waals surface area contributed by atoms with E-state index in [1.165, 1.54) is 13.1 Å². The van der Waals surface area contributed by atoms with Crippen LogP contribution in [0.1, 0.15) is 23.3 Å². The topological polar surface area (TPSA) is 117 Å². The summed E-state index contributed by atoms with van der Waals surface area (Å²) < 4.78 is 53.9. The Kier molecular flexibility index (Phi) is 5.29. The number of anilines is 2. The number of pyridine rings is 1. The Morgan fingerprint density at radius 2 is 2.08 bits per heavy atom. The van der Waals surface area contributed by atoms with Gasteiger partial charge in [0, 0.05) is 43.2 Å². The Morgan fingerprint density at radius 1 is 1.24 bits per heavy atom. The summed E-state index contributed by atoms with van der Waals surface area (Å²) >= 11 is 6.47. The summed E-state index contributed by atoms with van der Waals surface area (Å²) in [7, 11) is 1.79. The third-order valence-corrected chi connectivity index (χ3v) is 6.55. The van der Waals surface area contributed by atoms with E-state index in [-0.39, 0.29) is 18.1 Å². The third-order valence-electron chi connectivity index (χ3n) is 6.25. The van der Waals surface area contributed by atoms with Crippen molar-refractivity contribution in [1.29, 1.82) is 0 Å². The second-order valence-electron chi connectivity index (χ2n) is 8.58. The van der Waals surface area contributed by atoms with Crippen molar-refractivity contribution in [2.45, 2.75) is 25.4 Å². The molecular formula is C22H18ClF3N10O. The van der Waals surface area contributed by atoms with E-state index >= 15 is 8.78 Å². The molecular weight excluding hydrogens is 513 g/mol. The number of aromatic nitrogens is 9. The molecule has 15 heteroatoms. The molecule has 0 amide bonds. The normalized spacial score (nSPS) is 15.0. The largest absolute Gasteiger partial charge is 0.353 e. The van der Waals surface area contributed by atoms with E-state index in [4.69, 9.17) is 11.6 Å². The molecule has 0 fully saturated rings. The molecule has 6 rings (SSSR count). The minimum Gasteiger partial charge on any atom is -0.342 e. The average Bonchev–Trinajstić information content (AvgIpc) is 3.66. The SMILES string of the molecule is Cc1nonc1C(F)(F)c1nnc2n1[C@@H](CF)Cn1cc(-c3cc(Nc4ccnn4C)ncc3Cl)cc1-2. The number of fused-ring (bicyclic) bond motifs is 3. The van der Waals surface area contributed by atoms with Crippen LogP contribution in [0.15, 0.2) is 41.4 Å². The van der Waals surface area contributed by atoms with E-state index < -0.39 is 30.2 Å². The van der Waals surface area contributed by atoms with Crippen molar-refractivity contribution in [3.63, 3.8) is 0 Å². The summed E-state index contributed by atoms with van der Waals surface area (Å²) in [4.78, 5) is 4.32. The Hall–Kier alpha value is -4.20. The Labute approximate surface area is 211 Å². The fraction of sp³-hybridized carbons (Fsp3) is 0.273. The number of halogens is 4. The Bertz CT molecular complexity index is 1620. The van der Waals surface area contributed by atoms with Crippen molar-refractivity contribution < 1.29 is 17.8 Å². The van der Waals surface area contributed by atoms with Gasteiger partial charge < -0.3 is 9.88 Å². The predicted molar refractivity (Wildman–Crippen MR) is 125 cm³/mol. The van der Waals surface area contributed by atoms with E-state index in [1.807, 2.05) is 0 Å². The maximum absolute atomic E-state index is 15.4. The van der Waals surface area contributed by atoms with Gasteiger partial charge in [-0.25, -0.2) is 14.0 Å². The van der Waals surface area contributed by atoms with Crippen molar-refractivity contribution in [2.75, 3.05) is 12.0 Å². The zero-order chi connectivity index (χ0) is 25.9. The second-order valence-corrected chi connectivity index (χ2v) is 8.99. The molecule has 5 aromatic heterocycles. The molecule has 11 nitrogen and oxygen atoms in total. The summed E-state index contributed by atoms with van der Waals surface area (Å²) in [6.45, 7) is 0.512. The van der Waals surface area contributed by atoms with E-state index in [0.717, 1.165) is 10.4 Å². The summed E-state index contributed by atoms with van der Waals surface area (Å²) in [6.07, 6.45) is 4.93. The molecule has 1 N–H and O–H groups in total. The van der Waals surface area contributed by atoms with Gasteiger partial charge in [-0.05, 0) is 24.2 Å². The van der Waals surface area contributed by atoms with Crippen LogP contribution in [-0.2, 0) is 19.5 Å². The number of aryl methyl sites for hydroxylation is 2. The van der Waals surface area contributed by atoms with Gasteiger partial charge in [-0.1, -0.05) is 16.8 Å².